The van der Waals surface area contributed by atoms with Gasteiger partial charge in [0.2, 0.25) is 0 Å². The number of aromatic nitrogens is 4. The number of aromatic amines is 1. The van der Waals surface area contributed by atoms with Crippen LogP contribution in [-0.2, 0) is 0 Å². The van der Waals surface area contributed by atoms with Gasteiger partial charge in [0.25, 0.3) is 0 Å². The average Bonchev–Trinajstić information content (AvgIpc) is 2.60. The van der Waals surface area contributed by atoms with Crippen LogP contribution in [0.1, 0.15) is 19.2 Å². The summed E-state index contributed by atoms with van der Waals surface area (Å²) in [6.45, 7) is 4.09. The van der Waals surface area contributed by atoms with Gasteiger partial charge >= 0.3 is 5.69 Å². The summed E-state index contributed by atoms with van der Waals surface area (Å²) in [6.07, 6.45) is 0.291. The van der Waals surface area contributed by atoms with Crippen LogP contribution in [0, 0.1) is 6.92 Å². The molecule has 3 N–H and O–H groups in total. The lowest BCUT2D eigenvalue weighted by Gasteiger charge is -2.08. The van der Waals surface area contributed by atoms with Crippen molar-refractivity contribution < 1.29 is 5.11 Å². The van der Waals surface area contributed by atoms with E-state index in [-0.39, 0.29) is 11.8 Å². The molecule has 0 aromatic carbocycles. The van der Waals surface area contributed by atoms with E-state index in [1.54, 1.807) is 19.9 Å². The first-order valence-corrected chi connectivity index (χ1v) is 5.44. The summed E-state index contributed by atoms with van der Waals surface area (Å²) in [4.78, 5) is 15.6. The quantitative estimate of drug-likeness (QED) is 0.690. The minimum Gasteiger partial charge on any atom is -0.393 e. The third-order valence-corrected chi connectivity index (χ3v) is 2.44. The van der Waals surface area contributed by atoms with Crippen LogP contribution in [0.2, 0.25) is 0 Å². The van der Waals surface area contributed by atoms with Gasteiger partial charge in [-0.15, -0.1) is 0 Å². The minimum absolute atomic E-state index is 0.291. The molecule has 0 saturated carbocycles. The van der Waals surface area contributed by atoms with Gasteiger partial charge in [-0.05, 0) is 20.3 Å². The summed E-state index contributed by atoms with van der Waals surface area (Å²) in [5.74, 6) is 1.22. The Kier molecular flexibility index (Phi) is 3.10. The van der Waals surface area contributed by atoms with Crippen LogP contribution in [0.4, 0.5) is 5.82 Å². The summed E-state index contributed by atoms with van der Waals surface area (Å²) in [7, 11) is 0. The van der Waals surface area contributed by atoms with E-state index in [1.807, 2.05) is 0 Å². The van der Waals surface area contributed by atoms with E-state index in [9.17, 15) is 4.79 Å². The molecule has 0 saturated heterocycles. The van der Waals surface area contributed by atoms with Gasteiger partial charge in [0, 0.05) is 12.6 Å². The smallest absolute Gasteiger partial charge is 0.349 e. The summed E-state index contributed by atoms with van der Waals surface area (Å²) in [5.41, 5.74) is 0.238. The van der Waals surface area contributed by atoms with Gasteiger partial charge in [-0.25, -0.2) is 19.3 Å². The first kappa shape index (κ1) is 11.6. The Hall–Kier alpha value is -1.89. The summed E-state index contributed by atoms with van der Waals surface area (Å²) >= 11 is 0. The van der Waals surface area contributed by atoms with E-state index in [4.69, 9.17) is 5.11 Å². The van der Waals surface area contributed by atoms with Crippen molar-refractivity contribution in [3.05, 3.63) is 22.4 Å². The number of H-pyrrole nitrogens is 1. The fourth-order valence-electron chi connectivity index (χ4n) is 1.60. The van der Waals surface area contributed by atoms with Gasteiger partial charge in [-0.1, -0.05) is 0 Å². The molecule has 2 aromatic rings. The monoisotopic (exact) mass is 237 g/mol. The maximum atomic E-state index is 11.4. The maximum absolute atomic E-state index is 11.4. The van der Waals surface area contributed by atoms with Crippen molar-refractivity contribution in [2.45, 2.75) is 26.4 Å². The molecule has 92 valence electrons. The zero-order valence-corrected chi connectivity index (χ0v) is 9.77. The average molecular weight is 237 g/mol. The lowest BCUT2D eigenvalue weighted by molar-refractivity contribution is 0.188. The topological polar surface area (TPSA) is 95.3 Å². The lowest BCUT2D eigenvalue weighted by atomic mass is 10.3. The van der Waals surface area contributed by atoms with E-state index in [2.05, 4.69) is 20.5 Å². The number of aryl methyl sites for hydroxylation is 1. The highest BCUT2D eigenvalue weighted by Gasteiger charge is 2.06. The van der Waals surface area contributed by atoms with Gasteiger partial charge in [-0.3, -0.25) is 0 Å². The van der Waals surface area contributed by atoms with Crippen LogP contribution >= 0.6 is 0 Å². The zero-order valence-electron chi connectivity index (χ0n) is 9.77. The van der Waals surface area contributed by atoms with E-state index in [1.165, 1.54) is 4.40 Å². The van der Waals surface area contributed by atoms with Gasteiger partial charge < -0.3 is 10.4 Å². The van der Waals surface area contributed by atoms with E-state index in [0.29, 0.717) is 30.3 Å². The highest BCUT2D eigenvalue weighted by Crippen LogP contribution is 2.07. The molecule has 7 heteroatoms. The predicted molar refractivity (Wildman–Crippen MR) is 63.1 cm³/mol. The van der Waals surface area contributed by atoms with E-state index >= 15 is 0 Å². The minimum atomic E-state index is -0.347. The molecular formula is C10H15N5O2. The van der Waals surface area contributed by atoms with Crippen LogP contribution in [-0.4, -0.2) is 37.3 Å². The number of aliphatic hydroxyl groups is 1. The Morgan fingerprint density at radius 3 is 3.12 bits per heavy atom. The molecule has 0 amide bonds. The fraction of sp³-hybridized carbons (Fsp3) is 0.500. The highest BCUT2D eigenvalue weighted by atomic mass is 16.3. The van der Waals surface area contributed by atoms with Crippen LogP contribution in [0.25, 0.3) is 5.65 Å². The van der Waals surface area contributed by atoms with Gasteiger partial charge in [0.1, 0.15) is 11.6 Å². The maximum Gasteiger partial charge on any atom is 0.349 e. The van der Waals surface area contributed by atoms with Gasteiger partial charge in [-0.2, -0.15) is 5.10 Å². The second-order valence-corrected chi connectivity index (χ2v) is 3.98. The first-order chi connectivity index (χ1) is 8.08. The normalized spacial score (nSPS) is 12.9. The molecule has 0 aliphatic rings. The van der Waals surface area contributed by atoms with Crippen molar-refractivity contribution in [3.8, 4) is 0 Å². The highest BCUT2D eigenvalue weighted by molar-refractivity contribution is 5.49. The molecule has 17 heavy (non-hydrogen) atoms. The zero-order chi connectivity index (χ0) is 12.4. The predicted octanol–water partition coefficient (Wildman–Crippen LogP) is -0.0912. The number of hydrogen-bond donors (Lipinski definition) is 3. The van der Waals surface area contributed by atoms with Crippen LogP contribution in [0.15, 0.2) is 10.9 Å². The first-order valence-electron chi connectivity index (χ1n) is 5.44. The summed E-state index contributed by atoms with van der Waals surface area (Å²) in [6, 6.07) is 1.69. The fourth-order valence-corrected chi connectivity index (χ4v) is 1.60. The number of rotatable bonds is 4. The second-order valence-electron chi connectivity index (χ2n) is 3.98. The Morgan fingerprint density at radius 1 is 1.65 bits per heavy atom. The van der Waals surface area contributed by atoms with Gasteiger partial charge in [0.05, 0.1) is 6.10 Å². The molecule has 1 unspecified atom stereocenters. The number of anilines is 1. The number of nitrogens with one attached hydrogen (secondary N) is 2. The van der Waals surface area contributed by atoms with Crippen molar-refractivity contribution in [2.24, 2.45) is 0 Å². The molecule has 0 aliphatic carbocycles. The molecule has 0 bridgehead atoms. The molecule has 0 spiro atoms. The van der Waals surface area contributed by atoms with Crippen LogP contribution < -0.4 is 11.0 Å². The molecule has 0 radical (unpaired) electrons. The van der Waals surface area contributed by atoms with E-state index < -0.39 is 0 Å². The standard InChI is InChI=1S/C10H15N5O2/c1-6(16)3-4-11-8-5-9-13-14-10(17)15(9)7(2)12-8/h5-6,11,16H,3-4H2,1-2H3,(H,14,17). The van der Waals surface area contributed by atoms with Crippen molar-refractivity contribution in [1.82, 2.24) is 19.6 Å². The molecule has 2 heterocycles. The van der Waals surface area contributed by atoms with Crippen molar-refractivity contribution >= 4 is 11.5 Å². The van der Waals surface area contributed by atoms with Crippen molar-refractivity contribution in [1.29, 1.82) is 0 Å². The molecule has 0 fully saturated rings. The lowest BCUT2D eigenvalue weighted by Crippen LogP contribution is -2.15. The molecule has 1 atom stereocenters. The third-order valence-electron chi connectivity index (χ3n) is 2.44. The summed E-state index contributed by atoms with van der Waals surface area (Å²) in [5, 5.41) is 18.5. The molecule has 7 nitrogen and oxygen atoms in total. The number of hydrogen-bond acceptors (Lipinski definition) is 5. The molecule has 0 aliphatic heterocycles. The number of nitrogens with zero attached hydrogens (tertiary/aromatic N) is 3. The Morgan fingerprint density at radius 2 is 2.41 bits per heavy atom. The molecule has 2 rings (SSSR count). The molecule has 2 aromatic heterocycles. The van der Waals surface area contributed by atoms with Crippen molar-refractivity contribution in [2.75, 3.05) is 11.9 Å². The van der Waals surface area contributed by atoms with Crippen LogP contribution in [0.3, 0.4) is 0 Å². The third kappa shape index (κ3) is 2.44. The Balaban J connectivity index is 2.22. The Labute approximate surface area is 97.5 Å². The number of aliphatic hydroxyl groups excluding tert-OH is 1. The summed E-state index contributed by atoms with van der Waals surface area (Å²) < 4.78 is 1.40. The van der Waals surface area contributed by atoms with E-state index in [0.717, 1.165) is 0 Å². The molecular weight excluding hydrogens is 222 g/mol. The van der Waals surface area contributed by atoms with Crippen molar-refractivity contribution in [3.63, 3.8) is 0 Å². The van der Waals surface area contributed by atoms with Crippen LogP contribution in [0.5, 0.6) is 0 Å². The SMILES string of the molecule is Cc1nc(NCCC(C)O)cc2n[nH]c(=O)n12. The second kappa shape index (κ2) is 4.54. The number of fused-ring (bicyclic) bond motifs is 1. The van der Waals surface area contributed by atoms with Gasteiger partial charge in [0.15, 0.2) is 5.65 Å². The largest absolute Gasteiger partial charge is 0.393 e. The Bertz CT molecular complexity index is 572.